The van der Waals surface area contributed by atoms with Crippen LogP contribution in [0, 0.1) is 12.8 Å². The molecule has 1 unspecified atom stereocenters. The Labute approximate surface area is 287 Å². The summed E-state index contributed by atoms with van der Waals surface area (Å²) in [5.74, 6) is 1.43. The largest absolute Gasteiger partial charge is 0.296 e. The number of aryl methyl sites for hydroxylation is 1. The summed E-state index contributed by atoms with van der Waals surface area (Å²) in [5, 5.41) is 0. The predicted octanol–water partition coefficient (Wildman–Crippen LogP) is 11.8. The van der Waals surface area contributed by atoms with Gasteiger partial charge in [-0.15, -0.1) is 0 Å². The van der Waals surface area contributed by atoms with Crippen molar-refractivity contribution < 1.29 is 0 Å². The van der Waals surface area contributed by atoms with Crippen LogP contribution in [0.1, 0.15) is 94.0 Å². The van der Waals surface area contributed by atoms with Gasteiger partial charge < -0.3 is 0 Å². The van der Waals surface area contributed by atoms with Gasteiger partial charge in [-0.1, -0.05) is 158 Å². The predicted molar refractivity (Wildman–Crippen MR) is 202 cm³/mol. The molecule has 0 aliphatic heterocycles. The summed E-state index contributed by atoms with van der Waals surface area (Å²) in [6.07, 6.45) is 3.18. The van der Waals surface area contributed by atoms with Crippen LogP contribution >= 0.6 is 0 Å². The second kappa shape index (κ2) is 11.8. The number of rotatable bonds is 7. The molecule has 6 aromatic rings. The van der Waals surface area contributed by atoms with Crippen LogP contribution in [0.3, 0.4) is 0 Å². The van der Waals surface area contributed by atoms with E-state index >= 15 is 0 Å². The first-order valence-electron chi connectivity index (χ1n) is 17.6. The number of nitrogens with zero attached hydrogens (tertiary/aromatic N) is 2. The Balaban J connectivity index is 1.54. The lowest BCUT2D eigenvalue weighted by atomic mass is 9.67. The molecule has 1 aliphatic carbocycles. The van der Waals surface area contributed by atoms with E-state index in [4.69, 9.17) is 4.98 Å². The van der Waals surface area contributed by atoms with E-state index in [0.29, 0.717) is 5.92 Å². The van der Waals surface area contributed by atoms with Gasteiger partial charge in [-0.2, -0.15) is 0 Å². The molecule has 1 atom stereocenters. The standard InChI is InChI=1S/C46H48N2/c1-9-45(8,31(2)3)42-30-47-43(48(42)41-27-25-36(28-32(41)4)44(5,6)7)33-24-26-38-37-22-16-17-23-39(37)46(40(38)29-33,34-18-12-10-13-19-34)35-20-14-11-15-21-35/h10-31H,9H2,1-8H3. The van der Waals surface area contributed by atoms with E-state index in [2.05, 4.69) is 187 Å². The Morgan fingerprint density at radius 2 is 1.29 bits per heavy atom. The molecule has 1 aliphatic rings. The number of hydrogen-bond acceptors (Lipinski definition) is 1. The Morgan fingerprint density at radius 3 is 1.88 bits per heavy atom. The first kappa shape index (κ1) is 31.9. The topological polar surface area (TPSA) is 17.8 Å². The van der Waals surface area contributed by atoms with Gasteiger partial charge in [0.05, 0.1) is 11.1 Å². The summed E-state index contributed by atoms with van der Waals surface area (Å²) >= 11 is 0. The maximum Gasteiger partial charge on any atom is 0.144 e. The molecular formula is C46H48N2. The third-order valence-electron chi connectivity index (χ3n) is 11.4. The van der Waals surface area contributed by atoms with E-state index in [-0.39, 0.29) is 10.8 Å². The van der Waals surface area contributed by atoms with E-state index in [1.165, 1.54) is 55.9 Å². The first-order chi connectivity index (χ1) is 23.0. The van der Waals surface area contributed by atoms with Gasteiger partial charge in [-0.25, -0.2) is 4.98 Å². The summed E-state index contributed by atoms with van der Waals surface area (Å²) in [6.45, 7) is 18.5. The number of hydrogen-bond donors (Lipinski definition) is 0. The second-order valence-corrected chi connectivity index (χ2v) is 15.3. The highest BCUT2D eigenvalue weighted by Gasteiger charge is 2.46. The summed E-state index contributed by atoms with van der Waals surface area (Å²) < 4.78 is 2.47. The minimum absolute atomic E-state index is 0.0504. The van der Waals surface area contributed by atoms with Crippen molar-refractivity contribution in [3.63, 3.8) is 0 Å². The number of imidazole rings is 1. The van der Waals surface area contributed by atoms with Crippen molar-refractivity contribution in [2.24, 2.45) is 5.92 Å². The van der Waals surface area contributed by atoms with Crippen LogP contribution in [-0.4, -0.2) is 9.55 Å². The molecular weight excluding hydrogens is 581 g/mol. The van der Waals surface area contributed by atoms with Crippen molar-refractivity contribution in [3.8, 4) is 28.2 Å². The third-order valence-corrected chi connectivity index (χ3v) is 11.4. The zero-order valence-corrected chi connectivity index (χ0v) is 29.8. The summed E-state index contributed by atoms with van der Waals surface area (Å²) in [7, 11) is 0. The molecule has 0 fully saturated rings. The molecule has 0 radical (unpaired) electrons. The lowest BCUT2D eigenvalue weighted by Crippen LogP contribution is -2.30. The summed E-state index contributed by atoms with van der Waals surface area (Å²) in [5.41, 5.74) is 13.5. The molecule has 0 saturated heterocycles. The van der Waals surface area contributed by atoms with Gasteiger partial charge in [0, 0.05) is 22.9 Å². The van der Waals surface area contributed by atoms with Gasteiger partial charge in [-0.05, 0) is 81.3 Å². The van der Waals surface area contributed by atoms with Crippen LogP contribution in [0.25, 0.3) is 28.2 Å². The van der Waals surface area contributed by atoms with E-state index in [0.717, 1.165) is 17.8 Å². The van der Waals surface area contributed by atoms with E-state index in [1.54, 1.807) is 0 Å². The van der Waals surface area contributed by atoms with Gasteiger partial charge in [0.15, 0.2) is 0 Å². The molecule has 1 heterocycles. The van der Waals surface area contributed by atoms with Crippen molar-refractivity contribution in [1.82, 2.24) is 9.55 Å². The molecule has 0 saturated carbocycles. The molecule has 7 rings (SSSR count). The molecule has 0 bridgehead atoms. The van der Waals surface area contributed by atoms with Crippen molar-refractivity contribution in [2.45, 2.75) is 78.1 Å². The van der Waals surface area contributed by atoms with Gasteiger partial charge >= 0.3 is 0 Å². The smallest absolute Gasteiger partial charge is 0.144 e. The molecule has 48 heavy (non-hydrogen) atoms. The van der Waals surface area contributed by atoms with Crippen molar-refractivity contribution in [2.75, 3.05) is 0 Å². The lowest BCUT2D eigenvalue weighted by Gasteiger charge is -2.35. The highest BCUT2D eigenvalue weighted by molar-refractivity contribution is 5.88. The van der Waals surface area contributed by atoms with Crippen LogP contribution in [0.2, 0.25) is 0 Å². The molecule has 5 aromatic carbocycles. The molecule has 2 nitrogen and oxygen atoms in total. The lowest BCUT2D eigenvalue weighted by molar-refractivity contribution is 0.313. The normalized spacial score (nSPS) is 14.9. The van der Waals surface area contributed by atoms with E-state index < -0.39 is 5.41 Å². The second-order valence-electron chi connectivity index (χ2n) is 15.3. The molecule has 0 amide bonds. The zero-order valence-electron chi connectivity index (χ0n) is 29.8. The molecule has 2 heteroatoms. The highest BCUT2D eigenvalue weighted by atomic mass is 15.1. The van der Waals surface area contributed by atoms with Crippen molar-refractivity contribution in [3.05, 3.63) is 167 Å². The first-order valence-corrected chi connectivity index (χ1v) is 17.6. The van der Waals surface area contributed by atoms with Gasteiger partial charge in [0.2, 0.25) is 0 Å². The Morgan fingerprint density at radius 1 is 0.688 bits per heavy atom. The minimum atomic E-state index is -0.454. The van der Waals surface area contributed by atoms with Crippen LogP contribution in [-0.2, 0) is 16.2 Å². The quantitative estimate of drug-likeness (QED) is 0.172. The fourth-order valence-electron chi connectivity index (χ4n) is 8.04. The van der Waals surface area contributed by atoms with Crippen LogP contribution < -0.4 is 0 Å². The molecule has 1 aromatic heterocycles. The minimum Gasteiger partial charge on any atom is -0.296 e. The molecule has 0 N–H and O–H groups in total. The SMILES string of the molecule is CCC(C)(c1cnc(-c2ccc3c(c2)C(c2ccccc2)(c2ccccc2)c2ccccc2-3)n1-c1ccc(C(C)(C)C)cc1C)C(C)C. The maximum atomic E-state index is 5.30. The van der Waals surface area contributed by atoms with Crippen LogP contribution in [0.15, 0.2) is 128 Å². The monoisotopic (exact) mass is 628 g/mol. The summed E-state index contributed by atoms with van der Waals surface area (Å²) in [4.78, 5) is 5.30. The Kier molecular flexibility index (Phi) is 7.82. The number of benzene rings is 5. The van der Waals surface area contributed by atoms with Gasteiger partial charge in [0.25, 0.3) is 0 Å². The average molecular weight is 629 g/mol. The number of fused-ring (bicyclic) bond motifs is 3. The van der Waals surface area contributed by atoms with Crippen LogP contribution in [0.5, 0.6) is 0 Å². The third kappa shape index (κ3) is 4.80. The van der Waals surface area contributed by atoms with Gasteiger partial charge in [0.1, 0.15) is 5.82 Å². The maximum absolute atomic E-state index is 5.30. The molecule has 242 valence electrons. The van der Waals surface area contributed by atoms with Crippen molar-refractivity contribution >= 4 is 0 Å². The summed E-state index contributed by atoms with van der Waals surface area (Å²) in [6, 6.07) is 45.1. The van der Waals surface area contributed by atoms with Gasteiger partial charge in [-0.3, -0.25) is 4.57 Å². The molecule has 0 spiro atoms. The van der Waals surface area contributed by atoms with E-state index in [9.17, 15) is 0 Å². The zero-order chi connectivity index (χ0) is 33.8. The highest BCUT2D eigenvalue weighted by Crippen LogP contribution is 2.56. The average Bonchev–Trinajstić information content (AvgIpc) is 3.66. The Hall–Kier alpha value is -4.69. The van der Waals surface area contributed by atoms with Crippen molar-refractivity contribution in [1.29, 1.82) is 0 Å². The van der Waals surface area contributed by atoms with E-state index in [1.807, 2.05) is 0 Å². The fourth-order valence-corrected chi connectivity index (χ4v) is 8.04. The fraction of sp³-hybridized carbons (Fsp3) is 0.283. The van der Waals surface area contributed by atoms with Crippen LogP contribution in [0.4, 0.5) is 0 Å². The Bertz CT molecular complexity index is 2050. The number of aromatic nitrogens is 2.